The number of hydrogen-bond acceptors (Lipinski definition) is 5. The Hall–Kier alpha value is -0.500. The van der Waals surface area contributed by atoms with Crippen LogP contribution in [0, 0.1) is 0 Å². The Morgan fingerprint density at radius 2 is 1.17 bits per heavy atom. The Labute approximate surface area is 253 Å². The van der Waals surface area contributed by atoms with Gasteiger partial charge in [-0.2, -0.15) is 0 Å². The molecule has 0 fully saturated rings. The third-order valence-corrected chi connectivity index (χ3v) is 8.38. The van der Waals surface area contributed by atoms with Crippen molar-refractivity contribution in [2.24, 2.45) is 0 Å². The number of likely N-dealkylation sites (N-methyl/N-ethyl adjacent to an activating group) is 1. The van der Waals surface area contributed by atoms with Gasteiger partial charge in [0.1, 0.15) is 13.2 Å². The van der Waals surface area contributed by atoms with Crippen molar-refractivity contribution in [2.45, 2.75) is 162 Å². The average molecular weight is 608 g/mol. The van der Waals surface area contributed by atoms with E-state index in [0.717, 1.165) is 32.1 Å². The first kappa shape index (κ1) is 40.5. The Morgan fingerprint density at radius 1 is 0.732 bits per heavy atom. The Kier molecular flexibility index (Phi) is 25.6. The minimum absolute atomic E-state index is 0.0736. The van der Waals surface area contributed by atoms with Crippen LogP contribution in [0.15, 0.2) is 0 Å². The molecule has 3 unspecified atom stereocenters. The van der Waals surface area contributed by atoms with E-state index in [0.29, 0.717) is 24.1 Å². The predicted molar refractivity (Wildman–Crippen MR) is 171 cm³/mol. The Bertz CT molecular complexity index is 659. The second-order valence-electron chi connectivity index (χ2n) is 12.7. The third kappa shape index (κ3) is 28.1. The lowest BCUT2D eigenvalue weighted by Gasteiger charge is -2.28. The number of hydrogen-bond donors (Lipinski definition) is 2. The molecule has 0 aromatic carbocycles. The Balaban J connectivity index is 4.54. The molecular weight excluding hydrogens is 539 g/mol. The van der Waals surface area contributed by atoms with Crippen LogP contribution in [0.25, 0.3) is 0 Å². The molecular formula is C32H68N2O6P+. The van der Waals surface area contributed by atoms with Gasteiger partial charge >= 0.3 is 7.82 Å². The van der Waals surface area contributed by atoms with E-state index in [1.807, 2.05) is 21.1 Å². The fourth-order valence-corrected chi connectivity index (χ4v) is 5.49. The van der Waals surface area contributed by atoms with Gasteiger partial charge in [0.25, 0.3) is 0 Å². The average Bonchev–Trinajstić information content (AvgIpc) is 2.89. The van der Waals surface area contributed by atoms with Gasteiger partial charge in [0.2, 0.25) is 5.91 Å². The van der Waals surface area contributed by atoms with Crippen LogP contribution in [-0.2, 0) is 23.1 Å². The molecule has 0 aliphatic heterocycles. The van der Waals surface area contributed by atoms with Gasteiger partial charge in [0.05, 0.1) is 27.2 Å². The van der Waals surface area contributed by atoms with Gasteiger partial charge in [-0.3, -0.25) is 13.8 Å². The summed E-state index contributed by atoms with van der Waals surface area (Å²) in [6.45, 7) is 7.38. The highest BCUT2D eigenvalue weighted by Crippen LogP contribution is 2.44. The number of carbonyl (C=O) groups excluding carboxylic acids is 1. The number of ether oxygens (including phenoxy) is 1. The fourth-order valence-electron chi connectivity index (χ4n) is 4.61. The number of phosphoric acid groups is 1. The lowest BCUT2D eigenvalue weighted by Crippen LogP contribution is -2.45. The van der Waals surface area contributed by atoms with Gasteiger partial charge in [-0.1, -0.05) is 123 Å². The first-order valence-corrected chi connectivity index (χ1v) is 18.4. The highest BCUT2D eigenvalue weighted by molar-refractivity contribution is 7.47. The second-order valence-corrected chi connectivity index (χ2v) is 14.2. The molecule has 9 heteroatoms. The third-order valence-electron chi connectivity index (χ3n) is 7.38. The summed E-state index contributed by atoms with van der Waals surface area (Å²) in [5.41, 5.74) is 0. The quantitative estimate of drug-likeness (QED) is 0.0368. The summed E-state index contributed by atoms with van der Waals surface area (Å²) < 4.78 is 29.9. The molecule has 0 aliphatic rings. The maximum atomic E-state index is 12.7. The molecule has 0 saturated heterocycles. The summed E-state index contributed by atoms with van der Waals surface area (Å²) in [4.78, 5) is 23.0. The summed E-state index contributed by atoms with van der Waals surface area (Å²) in [6.07, 6.45) is 21.7. The molecule has 2 N–H and O–H groups in total. The van der Waals surface area contributed by atoms with Crippen LogP contribution in [0.4, 0.5) is 0 Å². The first-order valence-electron chi connectivity index (χ1n) is 16.9. The molecule has 0 aromatic rings. The second kappa shape index (κ2) is 25.9. The summed E-state index contributed by atoms with van der Waals surface area (Å²) in [7, 11) is 1.56. The molecule has 0 bridgehead atoms. The van der Waals surface area contributed by atoms with Crippen molar-refractivity contribution in [3.8, 4) is 0 Å². The lowest BCUT2D eigenvalue weighted by molar-refractivity contribution is -0.870. The molecule has 8 nitrogen and oxygen atoms in total. The molecule has 0 radical (unpaired) electrons. The zero-order chi connectivity index (χ0) is 30.8. The van der Waals surface area contributed by atoms with E-state index in [9.17, 15) is 14.3 Å². The van der Waals surface area contributed by atoms with Gasteiger partial charge in [-0.05, 0) is 19.8 Å². The largest absolute Gasteiger partial charge is 0.474 e. The van der Waals surface area contributed by atoms with Crippen molar-refractivity contribution in [3.63, 3.8) is 0 Å². The standard InChI is InChI=1S/C32H67N2O6P/c1-7-9-11-13-15-17-19-21-23-25-28-38-30(3)32(40-41(36,37)39-29-27-34(4,5)6)33-31(35)26-24-22-20-18-16-14-12-10-8-2/h30,32H,7-29H2,1-6H3,(H-,33,35,36,37)/p+1. The SMILES string of the molecule is CCCCCCCCCCCCOC(C)C(NC(=O)CCCCCCCCCCC)OP(=O)(O)OCC[N+](C)(C)C. The minimum atomic E-state index is -4.37. The van der Waals surface area contributed by atoms with E-state index in [-0.39, 0.29) is 12.5 Å². The van der Waals surface area contributed by atoms with E-state index in [2.05, 4.69) is 19.2 Å². The molecule has 0 heterocycles. The topological polar surface area (TPSA) is 94.1 Å². The molecule has 41 heavy (non-hydrogen) atoms. The fraction of sp³-hybridized carbons (Fsp3) is 0.969. The zero-order valence-electron chi connectivity index (χ0n) is 27.8. The summed E-state index contributed by atoms with van der Waals surface area (Å²) >= 11 is 0. The van der Waals surface area contributed by atoms with Gasteiger partial charge in [0.15, 0.2) is 6.23 Å². The molecule has 3 atom stereocenters. The maximum absolute atomic E-state index is 12.7. The van der Waals surface area contributed by atoms with Crippen molar-refractivity contribution < 1.29 is 32.5 Å². The first-order chi connectivity index (χ1) is 19.5. The molecule has 246 valence electrons. The van der Waals surface area contributed by atoms with Gasteiger partial charge < -0.3 is 19.4 Å². The molecule has 0 spiro atoms. The number of carbonyl (C=O) groups is 1. The van der Waals surface area contributed by atoms with Crippen molar-refractivity contribution in [1.29, 1.82) is 0 Å². The van der Waals surface area contributed by atoms with E-state index in [1.165, 1.54) is 89.9 Å². The van der Waals surface area contributed by atoms with Crippen molar-refractivity contribution in [2.75, 3.05) is 40.9 Å². The molecule has 1 amide bonds. The number of nitrogens with zero attached hydrogens (tertiary/aromatic N) is 1. The Morgan fingerprint density at radius 3 is 1.63 bits per heavy atom. The lowest BCUT2D eigenvalue weighted by atomic mass is 10.1. The van der Waals surface area contributed by atoms with E-state index in [1.54, 1.807) is 6.92 Å². The smallest absolute Gasteiger partial charge is 0.374 e. The van der Waals surface area contributed by atoms with Crippen LogP contribution in [0.1, 0.15) is 149 Å². The predicted octanol–water partition coefficient (Wildman–Crippen LogP) is 8.52. The number of quaternary nitrogens is 1. The number of unbranched alkanes of at least 4 members (excludes halogenated alkanes) is 17. The van der Waals surface area contributed by atoms with Crippen LogP contribution < -0.4 is 5.32 Å². The number of nitrogens with one attached hydrogen (secondary N) is 1. The van der Waals surface area contributed by atoms with Crippen molar-refractivity contribution >= 4 is 13.7 Å². The molecule has 0 saturated carbocycles. The van der Waals surface area contributed by atoms with Gasteiger partial charge in [0, 0.05) is 13.0 Å². The highest BCUT2D eigenvalue weighted by Gasteiger charge is 2.32. The highest BCUT2D eigenvalue weighted by atomic mass is 31.2. The van der Waals surface area contributed by atoms with E-state index < -0.39 is 20.2 Å². The van der Waals surface area contributed by atoms with Crippen LogP contribution >= 0.6 is 7.82 Å². The summed E-state index contributed by atoms with van der Waals surface area (Å²) in [6, 6.07) is 0. The van der Waals surface area contributed by atoms with E-state index >= 15 is 0 Å². The summed E-state index contributed by atoms with van der Waals surface area (Å²) in [5, 5.41) is 2.79. The van der Waals surface area contributed by atoms with Crippen LogP contribution in [0.5, 0.6) is 0 Å². The van der Waals surface area contributed by atoms with Gasteiger partial charge in [-0.15, -0.1) is 0 Å². The van der Waals surface area contributed by atoms with Crippen molar-refractivity contribution in [1.82, 2.24) is 5.32 Å². The molecule has 0 rings (SSSR count). The number of rotatable bonds is 30. The van der Waals surface area contributed by atoms with E-state index in [4.69, 9.17) is 13.8 Å². The van der Waals surface area contributed by atoms with Gasteiger partial charge in [-0.25, -0.2) is 4.57 Å². The number of amides is 1. The molecule has 0 aliphatic carbocycles. The monoisotopic (exact) mass is 607 g/mol. The maximum Gasteiger partial charge on any atom is 0.474 e. The summed E-state index contributed by atoms with van der Waals surface area (Å²) in [5.74, 6) is -0.196. The van der Waals surface area contributed by atoms with Crippen LogP contribution in [-0.4, -0.2) is 68.5 Å². The zero-order valence-corrected chi connectivity index (χ0v) is 28.7. The molecule has 0 aromatic heterocycles. The van der Waals surface area contributed by atoms with Crippen LogP contribution in [0.2, 0.25) is 0 Å². The van der Waals surface area contributed by atoms with Crippen molar-refractivity contribution in [3.05, 3.63) is 0 Å². The van der Waals surface area contributed by atoms with Crippen LogP contribution in [0.3, 0.4) is 0 Å². The number of phosphoric ester groups is 1. The normalized spacial score (nSPS) is 15.0. The minimum Gasteiger partial charge on any atom is -0.374 e.